The van der Waals surface area contributed by atoms with E-state index in [9.17, 15) is 13.0 Å². The number of hydrogen-bond donors (Lipinski definition) is 1. The Labute approximate surface area is 117 Å². The van der Waals surface area contributed by atoms with Crippen molar-refractivity contribution in [3.05, 3.63) is 59.2 Å². The maximum absolute atomic E-state index is 13.2. The van der Waals surface area contributed by atoms with Gasteiger partial charge in [0.05, 0.1) is 22.1 Å². The van der Waals surface area contributed by atoms with Crippen molar-refractivity contribution in [1.29, 1.82) is 5.26 Å². The highest BCUT2D eigenvalue weighted by Gasteiger charge is 2.10. The molecule has 1 unspecified atom stereocenters. The molecule has 6 heteroatoms. The molecule has 2 N–H and O–H groups in total. The van der Waals surface area contributed by atoms with Crippen molar-refractivity contribution in [1.82, 2.24) is 0 Å². The highest BCUT2D eigenvalue weighted by atomic mass is 32.2. The molecule has 0 heterocycles. The molecule has 2 rings (SSSR count). The zero-order valence-corrected chi connectivity index (χ0v) is 11.1. The normalized spacial score (nSPS) is 11.8. The van der Waals surface area contributed by atoms with Crippen molar-refractivity contribution >= 4 is 16.5 Å². The van der Waals surface area contributed by atoms with E-state index >= 15 is 0 Å². The molecule has 0 aliphatic heterocycles. The molecule has 0 amide bonds. The lowest BCUT2D eigenvalue weighted by atomic mass is 10.1. The van der Waals surface area contributed by atoms with Crippen molar-refractivity contribution in [2.45, 2.75) is 10.6 Å². The molecular weight excluding hydrogens is 282 g/mol. The van der Waals surface area contributed by atoms with Crippen LogP contribution < -0.4 is 5.73 Å². The zero-order valence-electron chi connectivity index (χ0n) is 10.3. The summed E-state index contributed by atoms with van der Waals surface area (Å²) in [5, 5.41) is 8.73. The highest BCUT2D eigenvalue weighted by Crippen LogP contribution is 2.18. The molecule has 0 aromatic heterocycles. The zero-order chi connectivity index (χ0) is 14.7. The van der Waals surface area contributed by atoms with Gasteiger partial charge in [0.25, 0.3) is 0 Å². The van der Waals surface area contributed by atoms with Gasteiger partial charge >= 0.3 is 0 Å². The van der Waals surface area contributed by atoms with Gasteiger partial charge in [-0.15, -0.1) is 0 Å². The summed E-state index contributed by atoms with van der Waals surface area (Å²) >= 11 is 0. The molecule has 0 aliphatic rings. The van der Waals surface area contributed by atoms with E-state index in [1.54, 1.807) is 6.07 Å². The number of nitrogens with zero attached hydrogens (tertiary/aromatic N) is 1. The standard InChI is InChI=1S/C14H10F2N2OS/c15-11-4-12(18)6-13(5-11)20(19)8-9-1-2-14(16)10(3-9)7-17/h1-6H,8,18H2. The topological polar surface area (TPSA) is 66.9 Å². The summed E-state index contributed by atoms with van der Waals surface area (Å²) in [5.41, 5.74) is 6.09. The number of nitriles is 1. The number of nitrogens with two attached hydrogens (primary N) is 1. The Morgan fingerprint density at radius 2 is 1.95 bits per heavy atom. The molecule has 0 fully saturated rings. The number of anilines is 1. The Kier molecular flexibility index (Phi) is 4.11. The fourth-order valence-corrected chi connectivity index (χ4v) is 2.86. The lowest BCUT2D eigenvalue weighted by Crippen LogP contribution is -2.00. The van der Waals surface area contributed by atoms with Gasteiger partial charge in [-0.3, -0.25) is 4.21 Å². The highest BCUT2D eigenvalue weighted by molar-refractivity contribution is 7.84. The van der Waals surface area contributed by atoms with Crippen molar-refractivity contribution in [2.24, 2.45) is 0 Å². The van der Waals surface area contributed by atoms with Gasteiger partial charge in [0.1, 0.15) is 17.7 Å². The summed E-state index contributed by atoms with van der Waals surface area (Å²) in [6.07, 6.45) is 0. The van der Waals surface area contributed by atoms with Crippen molar-refractivity contribution < 1.29 is 13.0 Å². The Bertz CT molecular complexity index is 705. The maximum Gasteiger partial charge on any atom is 0.140 e. The second-order valence-electron chi connectivity index (χ2n) is 4.14. The number of nitrogen functional groups attached to an aromatic ring is 1. The average Bonchev–Trinajstić information content (AvgIpc) is 2.39. The second-order valence-corrected chi connectivity index (χ2v) is 5.59. The van der Waals surface area contributed by atoms with Crippen LogP contribution in [0.2, 0.25) is 0 Å². The predicted molar refractivity (Wildman–Crippen MR) is 72.0 cm³/mol. The maximum atomic E-state index is 13.2. The Hall–Kier alpha value is -2.26. The summed E-state index contributed by atoms with van der Waals surface area (Å²) in [6.45, 7) is 0. The molecular formula is C14H10F2N2OS. The van der Waals surface area contributed by atoms with Gasteiger partial charge in [0, 0.05) is 10.6 Å². The molecule has 2 aromatic rings. The first kappa shape index (κ1) is 14.2. The van der Waals surface area contributed by atoms with E-state index in [2.05, 4.69) is 0 Å². The smallest absolute Gasteiger partial charge is 0.140 e. The molecule has 1 atom stereocenters. The van der Waals surface area contributed by atoms with Gasteiger partial charge in [-0.25, -0.2) is 8.78 Å². The van der Waals surface area contributed by atoms with Crippen LogP contribution in [0.3, 0.4) is 0 Å². The van der Waals surface area contributed by atoms with E-state index in [-0.39, 0.29) is 21.9 Å². The first-order valence-corrected chi connectivity index (χ1v) is 6.94. The van der Waals surface area contributed by atoms with E-state index in [4.69, 9.17) is 11.0 Å². The van der Waals surface area contributed by atoms with Gasteiger partial charge in [-0.05, 0) is 35.9 Å². The van der Waals surface area contributed by atoms with Crippen molar-refractivity contribution in [3.63, 3.8) is 0 Å². The summed E-state index contributed by atoms with van der Waals surface area (Å²) in [6, 6.07) is 9.32. The van der Waals surface area contributed by atoms with E-state index in [0.717, 1.165) is 18.2 Å². The lowest BCUT2D eigenvalue weighted by Gasteiger charge is -2.05. The van der Waals surface area contributed by atoms with Crippen LogP contribution in [0, 0.1) is 23.0 Å². The third kappa shape index (κ3) is 3.19. The molecule has 0 radical (unpaired) electrons. The molecule has 0 aliphatic carbocycles. The van der Waals surface area contributed by atoms with Crippen LogP contribution >= 0.6 is 0 Å². The SMILES string of the molecule is N#Cc1cc(CS(=O)c2cc(N)cc(F)c2)ccc1F. The predicted octanol–water partition coefficient (Wildman–Crippen LogP) is 2.73. The fourth-order valence-electron chi connectivity index (χ4n) is 1.70. The van der Waals surface area contributed by atoms with E-state index in [0.29, 0.717) is 5.56 Å². The Morgan fingerprint density at radius 1 is 1.20 bits per heavy atom. The van der Waals surface area contributed by atoms with Crippen LogP contribution in [-0.4, -0.2) is 4.21 Å². The van der Waals surface area contributed by atoms with Crippen molar-refractivity contribution in [3.8, 4) is 6.07 Å². The lowest BCUT2D eigenvalue weighted by molar-refractivity contribution is 0.623. The minimum Gasteiger partial charge on any atom is -0.399 e. The molecule has 102 valence electrons. The summed E-state index contributed by atoms with van der Waals surface area (Å²) in [7, 11) is -1.52. The van der Waals surface area contributed by atoms with Crippen LogP contribution in [0.5, 0.6) is 0 Å². The molecule has 0 saturated carbocycles. The van der Waals surface area contributed by atoms with E-state index in [1.807, 2.05) is 0 Å². The summed E-state index contributed by atoms with van der Waals surface area (Å²) < 4.78 is 38.5. The molecule has 3 nitrogen and oxygen atoms in total. The number of halogens is 2. The van der Waals surface area contributed by atoms with Gasteiger partial charge in [-0.1, -0.05) is 6.07 Å². The molecule has 0 spiro atoms. The fraction of sp³-hybridized carbons (Fsp3) is 0.0714. The van der Waals surface area contributed by atoms with Gasteiger partial charge in [0.15, 0.2) is 0 Å². The molecule has 0 saturated heterocycles. The quantitative estimate of drug-likeness (QED) is 0.884. The number of rotatable bonds is 3. The largest absolute Gasteiger partial charge is 0.399 e. The number of benzene rings is 2. The first-order chi connectivity index (χ1) is 9.49. The van der Waals surface area contributed by atoms with Gasteiger partial charge < -0.3 is 5.73 Å². The van der Waals surface area contributed by atoms with Crippen LogP contribution in [0.4, 0.5) is 14.5 Å². The third-order valence-corrected chi connectivity index (χ3v) is 3.96. The monoisotopic (exact) mass is 292 g/mol. The average molecular weight is 292 g/mol. The van der Waals surface area contributed by atoms with Crippen LogP contribution in [-0.2, 0) is 16.6 Å². The molecule has 2 aromatic carbocycles. The first-order valence-electron chi connectivity index (χ1n) is 5.62. The minimum atomic E-state index is -1.52. The Morgan fingerprint density at radius 3 is 2.60 bits per heavy atom. The molecule has 0 bridgehead atoms. The van der Waals surface area contributed by atoms with E-state index < -0.39 is 22.4 Å². The minimum absolute atomic E-state index is 0.0534. The Balaban J connectivity index is 2.26. The summed E-state index contributed by atoms with van der Waals surface area (Å²) in [4.78, 5) is 0.255. The third-order valence-electron chi connectivity index (χ3n) is 2.61. The van der Waals surface area contributed by atoms with Crippen LogP contribution in [0.25, 0.3) is 0 Å². The van der Waals surface area contributed by atoms with Crippen LogP contribution in [0.1, 0.15) is 11.1 Å². The second kappa shape index (κ2) is 5.80. The summed E-state index contributed by atoms with van der Waals surface area (Å²) in [5.74, 6) is -1.14. The van der Waals surface area contributed by atoms with Crippen molar-refractivity contribution in [2.75, 3.05) is 5.73 Å². The number of hydrogen-bond acceptors (Lipinski definition) is 3. The molecule has 20 heavy (non-hydrogen) atoms. The van der Waals surface area contributed by atoms with Crippen LogP contribution in [0.15, 0.2) is 41.3 Å². The van der Waals surface area contributed by atoms with Gasteiger partial charge in [0.2, 0.25) is 0 Å². The van der Waals surface area contributed by atoms with E-state index in [1.165, 1.54) is 18.2 Å². The van der Waals surface area contributed by atoms with Gasteiger partial charge in [-0.2, -0.15) is 5.26 Å².